The van der Waals surface area contributed by atoms with E-state index < -0.39 is 0 Å². The Kier molecular flexibility index (Phi) is 4.67. The summed E-state index contributed by atoms with van der Waals surface area (Å²) in [5, 5.41) is 3.79. The van der Waals surface area contributed by atoms with Crippen molar-refractivity contribution in [3.05, 3.63) is 33.9 Å². The average Bonchev–Trinajstić information content (AvgIpc) is 3.17. The summed E-state index contributed by atoms with van der Waals surface area (Å²) in [6, 6.07) is 2.90. The number of rotatable bonds is 6. The van der Waals surface area contributed by atoms with Crippen molar-refractivity contribution in [1.82, 2.24) is 5.32 Å². The third-order valence-corrected chi connectivity index (χ3v) is 4.68. The van der Waals surface area contributed by atoms with Crippen LogP contribution in [0.4, 0.5) is 0 Å². The molecule has 0 radical (unpaired) electrons. The predicted molar refractivity (Wildman–Crippen MR) is 83.8 cm³/mol. The molecule has 1 atom stereocenters. The fourth-order valence-corrected chi connectivity index (χ4v) is 3.08. The molecule has 0 saturated heterocycles. The molecule has 1 aliphatic rings. The Hall–Kier alpha value is -0.820. The maximum atomic E-state index is 3.79. The quantitative estimate of drug-likeness (QED) is 0.776. The molecule has 0 aromatic heterocycles. The Morgan fingerprint density at radius 3 is 2.16 bits per heavy atom. The molecule has 1 fully saturated rings. The molecule has 1 N–H and O–H groups in total. The van der Waals surface area contributed by atoms with E-state index in [9.17, 15) is 0 Å². The standard InChI is InChI=1S/C18H29N/c1-6-9-19-17(11-16-7-8-16)18-14(4)12(2)10-13(3)15(18)5/h10,16-17,19H,6-9,11H2,1-5H3. The van der Waals surface area contributed by atoms with E-state index in [-0.39, 0.29) is 0 Å². The number of hydrogen-bond donors (Lipinski definition) is 1. The van der Waals surface area contributed by atoms with Gasteiger partial charge in [0, 0.05) is 6.04 Å². The van der Waals surface area contributed by atoms with Gasteiger partial charge in [0.15, 0.2) is 0 Å². The van der Waals surface area contributed by atoms with Crippen molar-refractivity contribution in [1.29, 1.82) is 0 Å². The van der Waals surface area contributed by atoms with Gasteiger partial charge in [-0.2, -0.15) is 0 Å². The number of benzene rings is 1. The fourth-order valence-electron chi connectivity index (χ4n) is 3.08. The number of aryl methyl sites for hydroxylation is 2. The minimum Gasteiger partial charge on any atom is -0.310 e. The Bertz CT molecular complexity index is 417. The molecule has 1 unspecified atom stereocenters. The lowest BCUT2D eigenvalue weighted by Gasteiger charge is -2.25. The molecule has 1 heteroatoms. The minimum atomic E-state index is 0.561. The van der Waals surface area contributed by atoms with Gasteiger partial charge >= 0.3 is 0 Å². The summed E-state index contributed by atoms with van der Waals surface area (Å²) < 4.78 is 0. The zero-order valence-corrected chi connectivity index (χ0v) is 13.3. The van der Waals surface area contributed by atoms with Gasteiger partial charge in [-0.3, -0.25) is 0 Å². The molecular weight excluding hydrogens is 230 g/mol. The van der Waals surface area contributed by atoms with Crippen LogP contribution in [0.1, 0.15) is 66.5 Å². The van der Waals surface area contributed by atoms with Crippen LogP contribution in [-0.4, -0.2) is 6.54 Å². The van der Waals surface area contributed by atoms with Crippen LogP contribution in [0.25, 0.3) is 0 Å². The first-order valence-corrected chi connectivity index (χ1v) is 7.85. The van der Waals surface area contributed by atoms with Gasteiger partial charge in [-0.15, -0.1) is 0 Å². The normalized spacial score (nSPS) is 16.7. The van der Waals surface area contributed by atoms with Crippen molar-refractivity contribution in [3.8, 4) is 0 Å². The topological polar surface area (TPSA) is 12.0 Å². The van der Waals surface area contributed by atoms with E-state index in [1.807, 2.05) is 0 Å². The Morgan fingerprint density at radius 1 is 1.11 bits per heavy atom. The van der Waals surface area contributed by atoms with Gasteiger partial charge in [0.05, 0.1) is 0 Å². The first-order valence-electron chi connectivity index (χ1n) is 7.85. The van der Waals surface area contributed by atoms with Crippen LogP contribution in [0.2, 0.25) is 0 Å². The van der Waals surface area contributed by atoms with Gasteiger partial charge in [-0.25, -0.2) is 0 Å². The number of nitrogens with one attached hydrogen (secondary N) is 1. The first kappa shape index (κ1) is 14.6. The lowest BCUT2D eigenvalue weighted by atomic mass is 9.87. The molecule has 1 aromatic carbocycles. The Morgan fingerprint density at radius 2 is 1.68 bits per heavy atom. The van der Waals surface area contributed by atoms with E-state index >= 15 is 0 Å². The Labute approximate surface area is 118 Å². The summed E-state index contributed by atoms with van der Waals surface area (Å²) in [6.07, 6.45) is 5.41. The van der Waals surface area contributed by atoms with E-state index in [0.717, 1.165) is 12.5 Å². The summed E-state index contributed by atoms with van der Waals surface area (Å²) >= 11 is 0. The molecule has 0 amide bonds. The third-order valence-electron chi connectivity index (χ3n) is 4.68. The van der Waals surface area contributed by atoms with Crippen LogP contribution in [-0.2, 0) is 0 Å². The van der Waals surface area contributed by atoms with Gasteiger partial charge in [-0.1, -0.05) is 25.8 Å². The summed E-state index contributed by atoms with van der Waals surface area (Å²) in [5.41, 5.74) is 7.46. The van der Waals surface area contributed by atoms with Crippen molar-refractivity contribution < 1.29 is 0 Å². The molecular formula is C18H29N. The molecule has 0 aliphatic heterocycles. The number of hydrogen-bond acceptors (Lipinski definition) is 1. The van der Waals surface area contributed by atoms with Gasteiger partial charge in [0.25, 0.3) is 0 Å². The largest absolute Gasteiger partial charge is 0.310 e. The van der Waals surface area contributed by atoms with Gasteiger partial charge in [-0.05, 0) is 80.8 Å². The second-order valence-electron chi connectivity index (χ2n) is 6.36. The zero-order valence-electron chi connectivity index (χ0n) is 13.3. The molecule has 0 heterocycles. The summed E-state index contributed by atoms with van der Waals surface area (Å²) in [4.78, 5) is 0. The lowest BCUT2D eigenvalue weighted by molar-refractivity contribution is 0.470. The van der Waals surface area contributed by atoms with Crippen molar-refractivity contribution >= 4 is 0 Å². The monoisotopic (exact) mass is 259 g/mol. The SMILES string of the molecule is CCCNC(CC1CC1)c1c(C)c(C)cc(C)c1C. The molecule has 1 nitrogen and oxygen atoms in total. The van der Waals surface area contributed by atoms with Crippen molar-refractivity contribution in [3.63, 3.8) is 0 Å². The zero-order chi connectivity index (χ0) is 14.0. The van der Waals surface area contributed by atoms with Crippen LogP contribution < -0.4 is 5.32 Å². The summed E-state index contributed by atoms with van der Waals surface area (Å²) in [7, 11) is 0. The van der Waals surface area contributed by atoms with Crippen LogP contribution in [0.5, 0.6) is 0 Å². The first-order chi connectivity index (χ1) is 9.04. The van der Waals surface area contributed by atoms with E-state index in [0.29, 0.717) is 6.04 Å². The van der Waals surface area contributed by atoms with Crippen molar-refractivity contribution in [2.24, 2.45) is 5.92 Å². The van der Waals surface area contributed by atoms with E-state index in [4.69, 9.17) is 0 Å². The molecule has 0 bridgehead atoms. The molecule has 0 spiro atoms. The molecule has 2 rings (SSSR count). The minimum absolute atomic E-state index is 0.561. The average molecular weight is 259 g/mol. The van der Waals surface area contributed by atoms with E-state index in [1.54, 1.807) is 5.56 Å². The molecule has 106 valence electrons. The van der Waals surface area contributed by atoms with E-state index in [1.165, 1.54) is 47.9 Å². The second-order valence-corrected chi connectivity index (χ2v) is 6.36. The molecule has 1 aromatic rings. The van der Waals surface area contributed by atoms with Crippen LogP contribution in [0.3, 0.4) is 0 Å². The second kappa shape index (κ2) is 6.09. The molecule has 1 saturated carbocycles. The molecule has 19 heavy (non-hydrogen) atoms. The maximum Gasteiger partial charge on any atom is 0.0328 e. The highest BCUT2D eigenvalue weighted by atomic mass is 14.9. The van der Waals surface area contributed by atoms with Crippen LogP contribution in [0, 0.1) is 33.6 Å². The van der Waals surface area contributed by atoms with Gasteiger partial charge in [0.1, 0.15) is 0 Å². The lowest BCUT2D eigenvalue weighted by Crippen LogP contribution is -2.24. The smallest absolute Gasteiger partial charge is 0.0328 e. The highest BCUT2D eigenvalue weighted by Crippen LogP contribution is 2.40. The third kappa shape index (κ3) is 3.39. The van der Waals surface area contributed by atoms with Crippen LogP contribution >= 0.6 is 0 Å². The molecule has 1 aliphatic carbocycles. The van der Waals surface area contributed by atoms with Gasteiger partial charge < -0.3 is 5.32 Å². The summed E-state index contributed by atoms with van der Waals surface area (Å²) in [6.45, 7) is 12.5. The fraction of sp³-hybridized carbons (Fsp3) is 0.667. The van der Waals surface area contributed by atoms with Crippen molar-refractivity contribution in [2.45, 2.75) is 66.3 Å². The Balaban J connectivity index is 2.33. The predicted octanol–water partition coefficient (Wildman–Crippen LogP) is 4.76. The highest BCUT2D eigenvalue weighted by molar-refractivity contribution is 5.45. The van der Waals surface area contributed by atoms with Crippen LogP contribution in [0.15, 0.2) is 6.07 Å². The highest BCUT2D eigenvalue weighted by Gasteiger charge is 2.28. The van der Waals surface area contributed by atoms with Crippen molar-refractivity contribution in [2.75, 3.05) is 6.54 Å². The van der Waals surface area contributed by atoms with E-state index in [2.05, 4.69) is 46.0 Å². The summed E-state index contributed by atoms with van der Waals surface area (Å²) in [5.74, 6) is 0.967. The van der Waals surface area contributed by atoms with Gasteiger partial charge in [0.2, 0.25) is 0 Å². The maximum absolute atomic E-state index is 3.79.